The molecule has 0 saturated heterocycles. The number of hydrogen-bond acceptors (Lipinski definition) is 4. The first-order valence-corrected chi connectivity index (χ1v) is 12.6. The van der Waals surface area contributed by atoms with Crippen molar-refractivity contribution in [3.05, 3.63) is 47.5 Å². The zero-order valence-corrected chi connectivity index (χ0v) is 19.4. The molecule has 1 amide bonds. The SMILES string of the molecule is CCCc1cc2c(cc1NC(=O)COc1ccc(C34CC5CC(CC(C5)C3)C4)cc1)OCO2. The summed E-state index contributed by atoms with van der Waals surface area (Å²) >= 11 is 0. The van der Waals surface area contributed by atoms with Crippen molar-refractivity contribution in [2.45, 2.75) is 63.7 Å². The lowest BCUT2D eigenvalue weighted by Gasteiger charge is -2.57. The van der Waals surface area contributed by atoms with Crippen LogP contribution in [0.5, 0.6) is 17.2 Å². The minimum Gasteiger partial charge on any atom is -0.484 e. The van der Waals surface area contributed by atoms with Crippen LogP contribution < -0.4 is 19.5 Å². The molecule has 7 rings (SSSR count). The molecular formula is C28H33NO4. The third-order valence-corrected chi connectivity index (χ3v) is 8.27. The summed E-state index contributed by atoms with van der Waals surface area (Å²) in [5.74, 6) is 4.80. The van der Waals surface area contributed by atoms with Crippen molar-refractivity contribution in [1.29, 1.82) is 0 Å². The number of ether oxygens (including phenoxy) is 3. The van der Waals surface area contributed by atoms with Gasteiger partial charge in [0, 0.05) is 11.8 Å². The third kappa shape index (κ3) is 3.96. The van der Waals surface area contributed by atoms with Gasteiger partial charge in [0.15, 0.2) is 18.1 Å². The molecule has 1 heterocycles. The molecule has 0 atom stereocenters. The van der Waals surface area contributed by atoms with E-state index in [1.165, 1.54) is 44.1 Å². The highest BCUT2D eigenvalue weighted by atomic mass is 16.7. The van der Waals surface area contributed by atoms with E-state index in [9.17, 15) is 4.79 Å². The number of aryl methyl sites for hydroxylation is 1. The first kappa shape index (κ1) is 20.9. The number of fused-ring (bicyclic) bond motifs is 1. The zero-order valence-electron chi connectivity index (χ0n) is 19.4. The zero-order chi connectivity index (χ0) is 22.4. The van der Waals surface area contributed by atoms with Crippen LogP contribution in [0.2, 0.25) is 0 Å². The van der Waals surface area contributed by atoms with Crippen molar-refractivity contribution >= 4 is 11.6 Å². The van der Waals surface area contributed by atoms with Gasteiger partial charge in [-0.2, -0.15) is 0 Å². The second kappa shape index (κ2) is 8.27. The van der Waals surface area contributed by atoms with Crippen LogP contribution in [0.25, 0.3) is 0 Å². The highest BCUT2D eigenvalue weighted by Gasteiger charge is 2.51. The molecule has 33 heavy (non-hydrogen) atoms. The predicted octanol–water partition coefficient (Wildman–Crippen LogP) is 5.85. The molecule has 5 heteroatoms. The summed E-state index contributed by atoms with van der Waals surface area (Å²) in [6.07, 6.45) is 10.3. The van der Waals surface area contributed by atoms with Gasteiger partial charge < -0.3 is 19.5 Å². The largest absolute Gasteiger partial charge is 0.484 e. The van der Waals surface area contributed by atoms with Gasteiger partial charge in [0.05, 0.1) is 0 Å². The first-order chi connectivity index (χ1) is 16.1. The van der Waals surface area contributed by atoms with Crippen molar-refractivity contribution in [3.63, 3.8) is 0 Å². The van der Waals surface area contributed by atoms with Gasteiger partial charge in [0.2, 0.25) is 6.79 Å². The highest BCUT2D eigenvalue weighted by molar-refractivity contribution is 5.93. The number of amides is 1. The lowest BCUT2D eigenvalue weighted by atomic mass is 9.48. The maximum atomic E-state index is 12.6. The number of benzene rings is 2. The summed E-state index contributed by atoms with van der Waals surface area (Å²) in [6.45, 7) is 2.32. The van der Waals surface area contributed by atoms with Crippen LogP contribution in [0.3, 0.4) is 0 Å². The molecule has 0 aromatic heterocycles. The van der Waals surface area contributed by atoms with Gasteiger partial charge in [-0.15, -0.1) is 0 Å². The van der Waals surface area contributed by atoms with E-state index in [1.54, 1.807) is 0 Å². The molecule has 4 saturated carbocycles. The molecule has 5 nitrogen and oxygen atoms in total. The molecule has 0 unspecified atom stereocenters. The molecule has 1 aliphatic heterocycles. The Morgan fingerprint density at radius 1 is 1.00 bits per heavy atom. The van der Waals surface area contributed by atoms with Crippen molar-refractivity contribution in [2.75, 3.05) is 18.7 Å². The molecule has 2 aromatic carbocycles. The van der Waals surface area contributed by atoms with Crippen LogP contribution in [0.4, 0.5) is 5.69 Å². The Kier molecular flexibility index (Phi) is 5.23. The Morgan fingerprint density at radius 3 is 2.27 bits per heavy atom. The molecular weight excluding hydrogens is 414 g/mol. The number of carbonyl (C=O) groups is 1. The molecule has 1 N–H and O–H groups in total. The summed E-state index contributed by atoms with van der Waals surface area (Å²) in [5.41, 5.74) is 3.68. The third-order valence-electron chi connectivity index (χ3n) is 8.27. The minimum atomic E-state index is -0.170. The Labute approximate surface area is 195 Å². The molecule has 4 fully saturated rings. The topological polar surface area (TPSA) is 56.8 Å². The average Bonchev–Trinajstić information content (AvgIpc) is 3.25. The van der Waals surface area contributed by atoms with E-state index in [-0.39, 0.29) is 19.3 Å². The Morgan fingerprint density at radius 2 is 1.64 bits per heavy atom. The van der Waals surface area contributed by atoms with Crippen LogP contribution in [-0.2, 0) is 16.6 Å². The van der Waals surface area contributed by atoms with E-state index >= 15 is 0 Å². The van der Waals surface area contributed by atoms with Crippen LogP contribution in [0.15, 0.2) is 36.4 Å². The summed E-state index contributed by atoms with van der Waals surface area (Å²) in [7, 11) is 0. The second-order valence-electron chi connectivity index (χ2n) is 10.7. The molecule has 0 spiro atoms. The first-order valence-electron chi connectivity index (χ1n) is 12.6. The Balaban J connectivity index is 1.09. The van der Waals surface area contributed by atoms with Gasteiger partial charge >= 0.3 is 0 Å². The summed E-state index contributed by atoms with van der Waals surface area (Å²) in [4.78, 5) is 12.6. The number of hydrogen-bond donors (Lipinski definition) is 1. The molecule has 4 bridgehead atoms. The minimum absolute atomic E-state index is 0.0171. The van der Waals surface area contributed by atoms with E-state index in [0.29, 0.717) is 11.2 Å². The fourth-order valence-electron chi connectivity index (χ4n) is 7.28. The van der Waals surface area contributed by atoms with Gasteiger partial charge in [-0.05, 0) is 97.4 Å². The maximum absolute atomic E-state index is 12.6. The van der Waals surface area contributed by atoms with Gasteiger partial charge in [0.1, 0.15) is 5.75 Å². The van der Waals surface area contributed by atoms with Gasteiger partial charge in [0.25, 0.3) is 5.91 Å². The molecule has 174 valence electrons. The van der Waals surface area contributed by atoms with Gasteiger partial charge in [-0.1, -0.05) is 25.5 Å². The number of carbonyl (C=O) groups excluding carboxylic acids is 1. The number of rotatable bonds is 7. The quantitative estimate of drug-likeness (QED) is 0.578. The lowest BCUT2D eigenvalue weighted by molar-refractivity contribution is -0.118. The van der Waals surface area contributed by atoms with E-state index in [2.05, 4.69) is 24.4 Å². The monoisotopic (exact) mass is 447 g/mol. The van der Waals surface area contributed by atoms with Gasteiger partial charge in [-0.3, -0.25) is 4.79 Å². The van der Waals surface area contributed by atoms with E-state index < -0.39 is 0 Å². The van der Waals surface area contributed by atoms with E-state index in [1.807, 2.05) is 24.3 Å². The smallest absolute Gasteiger partial charge is 0.262 e. The maximum Gasteiger partial charge on any atom is 0.262 e. The Hall–Kier alpha value is -2.69. The lowest BCUT2D eigenvalue weighted by Crippen LogP contribution is -2.48. The summed E-state index contributed by atoms with van der Waals surface area (Å²) in [5, 5.41) is 3.00. The number of nitrogens with one attached hydrogen (secondary N) is 1. The Bertz CT molecular complexity index is 1010. The van der Waals surface area contributed by atoms with Crippen molar-refractivity contribution in [1.82, 2.24) is 0 Å². The highest BCUT2D eigenvalue weighted by Crippen LogP contribution is 2.60. The van der Waals surface area contributed by atoms with Crippen LogP contribution in [0.1, 0.15) is 63.0 Å². The number of anilines is 1. The van der Waals surface area contributed by atoms with E-state index in [0.717, 1.165) is 53.3 Å². The molecule has 0 radical (unpaired) electrons. The fraction of sp³-hybridized carbons (Fsp3) is 0.536. The van der Waals surface area contributed by atoms with Crippen LogP contribution >= 0.6 is 0 Å². The molecule has 4 aliphatic carbocycles. The van der Waals surface area contributed by atoms with Crippen LogP contribution in [-0.4, -0.2) is 19.3 Å². The standard InChI is InChI=1S/C28H33NO4/c1-2-3-21-11-25-26(33-17-32-25)12-24(21)29-27(30)16-31-23-6-4-22(5-7-23)28-13-18-8-19(14-28)10-20(9-18)15-28/h4-7,11-12,18-20H,2-3,8-10,13-17H2,1H3,(H,29,30). The van der Waals surface area contributed by atoms with Gasteiger partial charge in [-0.25, -0.2) is 0 Å². The molecule has 5 aliphatic rings. The predicted molar refractivity (Wildman–Crippen MR) is 127 cm³/mol. The normalized spacial score (nSPS) is 28.7. The fourth-order valence-corrected chi connectivity index (χ4v) is 7.28. The van der Waals surface area contributed by atoms with Crippen molar-refractivity contribution in [2.24, 2.45) is 17.8 Å². The summed E-state index contributed by atoms with van der Waals surface area (Å²) in [6, 6.07) is 12.4. The van der Waals surface area contributed by atoms with Crippen LogP contribution in [0, 0.1) is 17.8 Å². The summed E-state index contributed by atoms with van der Waals surface area (Å²) < 4.78 is 16.8. The van der Waals surface area contributed by atoms with E-state index in [4.69, 9.17) is 14.2 Å². The van der Waals surface area contributed by atoms with Crippen molar-refractivity contribution < 1.29 is 19.0 Å². The average molecular weight is 448 g/mol. The van der Waals surface area contributed by atoms with Crippen molar-refractivity contribution in [3.8, 4) is 17.2 Å². The molecule has 2 aromatic rings. The second-order valence-corrected chi connectivity index (χ2v) is 10.7.